The van der Waals surface area contributed by atoms with Crippen LogP contribution in [0.4, 0.5) is 16.0 Å². The molecule has 0 bridgehead atoms. The third kappa shape index (κ3) is 6.01. The van der Waals surface area contributed by atoms with E-state index >= 15 is 0 Å². The van der Waals surface area contributed by atoms with Crippen LogP contribution in [0.3, 0.4) is 0 Å². The normalized spacial score (nSPS) is 11.1. The maximum absolute atomic E-state index is 12.9. The highest BCUT2D eigenvalue weighted by Gasteiger charge is 2.09. The molecule has 2 aromatic carbocycles. The summed E-state index contributed by atoms with van der Waals surface area (Å²) in [7, 11) is 3.89. The molecular formula is C23H26FN5O. The van der Waals surface area contributed by atoms with Crippen LogP contribution in [0.2, 0.25) is 0 Å². The molecular weight excluding hydrogens is 381 g/mol. The van der Waals surface area contributed by atoms with E-state index in [4.69, 9.17) is 4.74 Å². The number of ether oxygens (including phenoxy) is 1. The van der Waals surface area contributed by atoms with E-state index in [9.17, 15) is 4.39 Å². The minimum absolute atomic E-state index is 0.219. The molecule has 0 saturated heterocycles. The molecule has 0 spiro atoms. The number of hydrogen-bond donors (Lipinski definition) is 1. The molecule has 0 aliphatic carbocycles. The second-order valence-electron chi connectivity index (χ2n) is 7.37. The number of halogens is 1. The summed E-state index contributed by atoms with van der Waals surface area (Å²) in [5.41, 5.74) is 4.81. The molecule has 0 fully saturated rings. The molecule has 0 amide bonds. The van der Waals surface area contributed by atoms with Crippen LogP contribution in [-0.4, -0.2) is 30.3 Å². The van der Waals surface area contributed by atoms with Crippen molar-refractivity contribution in [3.8, 4) is 5.75 Å². The molecule has 1 N–H and O–H groups in total. The van der Waals surface area contributed by atoms with Crippen molar-refractivity contribution >= 4 is 17.9 Å². The molecule has 6 nitrogen and oxygen atoms in total. The highest BCUT2D eigenvalue weighted by molar-refractivity contribution is 5.80. The van der Waals surface area contributed by atoms with Crippen molar-refractivity contribution in [3.05, 3.63) is 77.4 Å². The molecule has 0 unspecified atom stereocenters. The standard InChI is InChI=1S/C23H26FN5O/c1-16(2)23-26-21(13-22(27-23)29(3)4)28-25-14-17-7-11-20(12-8-17)30-15-18-5-9-19(24)10-6-18/h5-14,16H,15H2,1-4H3,(H,26,27,28)/b25-14-. The summed E-state index contributed by atoms with van der Waals surface area (Å²) in [5, 5.41) is 4.28. The van der Waals surface area contributed by atoms with Gasteiger partial charge in [0.15, 0.2) is 5.82 Å². The molecule has 0 atom stereocenters. The zero-order chi connectivity index (χ0) is 21.5. The topological polar surface area (TPSA) is 62.6 Å². The first kappa shape index (κ1) is 21.2. The number of anilines is 2. The van der Waals surface area contributed by atoms with Gasteiger partial charge in [-0.2, -0.15) is 5.10 Å². The van der Waals surface area contributed by atoms with Crippen LogP contribution in [0.15, 0.2) is 59.7 Å². The predicted molar refractivity (Wildman–Crippen MR) is 119 cm³/mol. The first-order valence-electron chi connectivity index (χ1n) is 9.73. The number of hydrazone groups is 1. The van der Waals surface area contributed by atoms with E-state index in [1.54, 1.807) is 18.3 Å². The van der Waals surface area contributed by atoms with Crippen LogP contribution >= 0.6 is 0 Å². The maximum atomic E-state index is 12.9. The van der Waals surface area contributed by atoms with Gasteiger partial charge in [0.05, 0.1) is 6.21 Å². The summed E-state index contributed by atoms with van der Waals surface area (Å²) in [6, 6.07) is 15.7. The van der Waals surface area contributed by atoms with Crippen LogP contribution < -0.4 is 15.1 Å². The predicted octanol–water partition coefficient (Wildman–Crippen LogP) is 4.83. The molecule has 0 aliphatic heterocycles. The smallest absolute Gasteiger partial charge is 0.152 e. The van der Waals surface area contributed by atoms with Crippen molar-refractivity contribution in [2.75, 3.05) is 24.4 Å². The third-order valence-electron chi connectivity index (χ3n) is 4.30. The Balaban J connectivity index is 1.59. The molecule has 7 heteroatoms. The van der Waals surface area contributed by atoms with Gasteiger partial charge in [-0.25, -0.2) is 14.4 Å². The molecule has 1 aromatic heterocycles. The Morgan fingerprint density at radius 1 is 1.07 bits per heavy atom. The van der Waals surface area contributed by atoms with Crippen LogP contribution in [-0.2, 0) is 6.61 Å². The second-order valence-corrected chi connectivity index (χ2v) is 7.37. The summed E-state index contributed by atoms with van der Waals surface area (Å²) >= 11 is 0. The van der Waals surface area contributed by atoms with Gasteiger partial charge in [-0.15, -0.1) is 0 Å². The molecule has 3 rings (SSSR count). The van der Waals surface area contributed by atoms with E-state index in [0.717, 1.165) is 28.5 Å². The van der Waals surface area contributed by atoms with Crippen LogP contribution in [0.5, 0.6) is 5.75 Å². The molecule has 3 aromatic rings. The largest absolute Gasteiger partial charge is 0.489 e. The quantitative estimate of drug-likeness (QED) is 0.428. The van der Waals surface area contributed by atoms with Crippen LogP contribution in [0.25, 0.3) is 0 Å². The lowest BCUT2D eigenvalue weighted by atomic mass is 10.2. The van der Waals surface area contributed by atoms with Crippen molar-refractivity contribution in [1.29, 1.82) is 0 Å². The van der Waals surface area contributed by atoms with Gasteiger partial charge in [-0.05, 0) is 47.5 Å². The minimum atomic E-state index is -0.253. The molecule has 0 aliphatic rings. The fourth-order valence-electron chi connectivity index (χ4n) is 2.57. The summed E-state index contributed by atoms with van der Waals surface area (Å²) in [5.74, 6) is 2.94. The first-order chi connectivity index (χ1) is 14.4. The van der Waals surface area contributed by atoms with Gasteiger partial charge in [0.1, 0.15) is 29.8 Å². The Hall–Kier alpha value is -3.48. The van der Waals surface area contributed by atoms with E-state index in [1.165, 1.54) is 12.1 Å². The van der Waals surface area contributed by atoms with Crippen molar-refractivity contribution in [2.45, 2.75) is 26.4 Å². The number of nitrogens with zero attached hydrogens (tertiary/aromatic N) is 4. The van der Waals surface area contributed by atoms with Crippen LogP contribution in [0, 0.1) is 5.82 Å². The van der Waals surface area contributed by atoms with E-state index < -0.39 is 0 Å². The molecule has 1 heterocycles. The number of nitrogens with one attached hydrogen (secondary N) is 1. The Bertz CT molecular complexity index is 959. The summed E-state index contributed by atoms with van der Waals surface area (Å²) in [6.07, 6.45) is 1.72. The number of benzene rings is 2. The fraction of sp³-hybridized carbons (Fsp3) is 0.261. The van der Waals surface area contributed by atoms with Crippen molar-refractivity contribution in [2.24, 2.45) is 5.10 Å². The average molecular weight is 407 g/mol. The second kappa shape index (κ2) is 9.82. The lowest BCUT2D eigenvalue weighted by Crippen LogP contribution is -2.13. The summed E-state index contributed by atoms with van der Waals surface area (Å²) in [6.45, 7) is 4.50. The highest BCUT2D eigenvalue weighted by atomic mass is 19.1. The van der Waals surface area contributed by atoms with E-state index in [1.807, 2.05) is 49.3 Å². The zero-order valence-corrected chi connectivity index (χ0v) is 17.6. The fourth-order valence-corrected chi connectivity index (χ4v) is 2.57. The highest BCUT2D eigenvalue weighted by Crippen LogP contribution is 2.19. The molecule has 30 heavy (non-hydrogen) atoms. The van der Waals surface area contributed by atoms with Crippen molar-refractivity contribution in [1.82, 2.24) is 9.97 Å². The maximum Gasteiger partial charge on any atom is 0.152 e. The lowest BCUT2D eigenvalue weighted by molar-refractivity contribution is 0.306. The number of hydrogen-bond acceptors (Lipinski definition) is 6. The Kier molecular flexibility index (Phi) is 6.95. The molecule has 156 valence electrons. The van der Waals surface area contributed by atoms with E-state index in [-0.39, 0.29) is 11.7 Å². The third-order valence-corrected chi connectivity index (χ3v) is 4.30. The van der Waals surface area contributed by atoms with Crippen molar-refractivity contribution in [3.63, 3.8) is 0 Å². The average Bonchev–Trinajstić information content (AvgIpc) is 2.74. The van der Waals surface area contributed by atoms with Crippen molar-refractivity contribution < 1.29 is 9.13 Å². The minimum Gasteiger partial charge on any atom is -0.489 e. The molecule has 0 radical (unpaired) electrons. The van der Waals surface area contributed by atoms with Gasteiger partial charge < -0.3 is 9.64 Å². The summed E-state index contributed by atoms with van der Waals surface area (Å²) < 4.78 is 18.7. The SMILES string of the molecule is CC(C)c1nc(N/N=C\c2ccc(OCc3ccc(F)cc3)cc2)cc(N(C)C)n1. The first-order valence-corrected chi connectivity index (χ1v) is 9.73. The van der Waals surface area contributed by atoms with Gasteiger partial charge in [0, 0.05) is 26.1 Å². The van der Waals surface area contributed by atoms with Crippen LogP contribution in [0.1, 0.15) is 36.7 Å². The summed E-state index contributed by atoms with van der Waals surface area (Å²) in [4.78, 5) is 11.0. The van der Waals surface area contributed by atoms with E-state index in [2.05, 4.69) is 34.3 Å². The van der Waals surface area contributed by atoms with Gasteiger partial charge in [0.25, 0.3) is 0 Å². The van der Waals surface area contributed by atoms with Gasteiger partial charge in [-0.1, -0.05) is 26.0 Å². The molecule has 0 saturated carbocycles. The monoisotopic (exact) mass is 407 g/mol. The number of aromatic nitrogens is 2. The Morgan fingerprint density at radius 2 is 1.77 bits per heavy atom. The Labute approximate surface area is 176 Å². The van der Waals surface area contributed by atoms with Gasteiger partial charge in [0.2, 0.25) is 0 Å². The number of rotatable bonds is 8. The zero-order valence-electron chi connectivity index (χ0n) is 17.6. The van der Waals surface area contributed by atoms with Gasteiger partial charge >= 0.3 is 0 Å². The lowest BCUT2D eigenvalue weighted by Gasteiger charge is -2.15. The van der Waals surface area contributed by atoms with Gasteiger partial charge in [-0.3, -0.25) is 5.43 Å². The van der Waals surface area contributed by atoms with E-state index in [0.29, 0.717) is 12.4 Å². The Morgan fingerprint density at radius 3 is 2.40 bits per heavy atom.